The van der Waals surface area contributed by atoms with Crippen LogP contribution in [0.15, 0.2) is 36.4 Å². The van der Waals surface area contributed by atoms with E-state index in [4.69, 9.17) is 10.5 Å². The third-order valence-electron chi connectivity index (χ3n) is 6.38. The number of pyridine rings is 1. The van der Waals surface area contributed by atoms with Crippen LogP contribution in [0.2, 0.25) is 0 Å². The van der Waals surface area contributed by atoms with Gasteiger partial charge in [-0.05, 0) is 69.0 Å². The minimum Gasteiger partial charge on any atom is -0.489 e. The summed E-state index contributed by atoms with van der Waals surface area (Å²) in [5.74, 6) is -0.316. The van der Waals surface area contributed by atoms with Crippen molar-refractivity contribution in [2.45, 2.75) is 51.7 Å². The number of nitrogens with two attached hydrogens (primary N) is 1. The van der Waals surface area contributed by atoms with Crippen LogP contribution in [-0.4, -0.2) is 70.3 Å². The molecule has 1 aliphatic heterocycles. The van der Waals surface area contributed by atoms with Crippen molar-refractivity contribution in [3.05, 3.63) is 58.9 Å². The lowest BCUT2D eigenvalue weighted by Gasteiger charge is -2.31. The average Bonchev–Trinajstić information content (AvgIpc) is 3.18. The van der Waals surface area contributed by atoms with Crippen LogP contribution in [0, 0.1) is 13.8 Å². The van der Waals surface area contributed by atoms with Crippen molar-refractivity contribution in [3.63, 3.8) is 0 Å². The van der Waals surface area contributed by atoms with Gasteiger partial charge in [-0.1, -0.05) is 17.3 Å². The van der Waals surface area contributed by atoms with E-state index in [9.17, 15) is 24.4 Å². The number of aldehydes is 1. The number of hydrazine groups is 1. The van der Waals surface area contributed by atoms with Crippen LogP contribution in [0.4, 0.5) is 4.79 Å². The summed E-state index contributed by atoms with van der Waals surface area (Å²) in [5.41, 5.74) is 7.51. The van der Waals surface area contributed by atoms with Gasteiger partial charge in [0.1, 0.15) is 24.7 Å². The molecule has 1 aromatic heterocycles. The summed E-state index contributed by atoms with van der Waals surface area (Å²) >= 11 is 0. The zero-order valence-electron chi connectivity index (χ0n) is 21.7. The smallest absolute Gasteiger partial charge is 0.405 e. The highest BCUT2D eigenvalue weighted by atomic mass is 16.6. The summed E-state index contributed by atoms with van der Waals surface area (Å²) in [6.07, 6.45) is -0.149. The van der Waals surface area contributed by atoms with Crippen LogP contribution in [0.1, 0.15) is 42.3 Å². The number of carbonyl (C=O) groups excluding carboxylic acids is 4. The number of hydrogen-bond acceptors (Lipinski definition) is 9. The first kappa shape index (κ1) is 28.5. The highest BCUT2D eigenvalue weighted by Gasteiger charge is 2.47. The second-order valence-corrected chi connectivity index (χ2v) is 9.35. The van der Waals surface area contributed by atoms with Gasteiger partial charge in [0.2, 0.25) is 5.91 Å². The first-order valence-corrected chi connectivity index (χ1v) is 12.1. The van der Waals surface area contributed by atoms with Crippen LogP contribution >= 0.6 is 0 Å². The number of aryl methyl sites for hydroxylation is 2. The van der Waals surface area contributed by atoms with E-state index in [-0.39, 0.29) is 25.4 Å². The summed E-state index contributed by atoms with van der Waals surface area (Å²) in [6, 6.07) is 10.1. The van der Waals surface area contributed by atoms with Crippen molar-refractivity contribution in [3.8, 4) is 5.75 Å². The predicted molar refractivity (Wildman–Crippen MR) is 135 cm³/mol. The van der Waals surface area contributed by atoms with Gasteiger partial charge in [-0.3, -0.25) is 24.8 Å². The van der Waals surface area contributed by atoms with Crippen LogP contribution in [0.5, 0.6) is 5.75 Å². The molecule has 0 spiro atoms. The Morgan fingerprint density at radius 3 is 2.53 bits per heavy atom. The average molecular weight is 528 g/mol. The molecule has 2 heterocycles. The van der Waals surface area contributed by atoms with Crippen molar-refractivity contribution >= 4 is 24.2 Å². The van der Waals surface area contributed by atoms with E-state index in [0.717, 1.165) is 27.5 Å². The molecule has 1 aromatic carbocycles. The predicted octanol–water partition coefficient (Wildman–Crippen LogP) is 1.54. The summed E-state index contributed by atoms with van der Waals surface area (Å²) in [5, 5.41) is 14.8. The number of nitrogens with zero attached hydrogens (tertiary/aromatic N) is 3. The lowest BCUT2D eigenvalue weighted by Crippen LogP contribution is -2.51. The number of hydroxylamine groups is 1. The minimum absolute atomic E-state index is 0.000807. The summed E-state index contributed by atoms with van der Waals surface area (Å²) < 4.78 is 10.3. The number of benzene rings is 1. The Morgan fingerprint density at radius 1 is 1.26 bits per heavy atom. The van der Waals surface area contributed by atoms with E-state index in [2.05, 4.69) is 15.0 Å². The molecule has 204 valence electrons. The lowest BCUT2D eigenvalue weighted by atomic mass is 9.81. The van der Waals surface area contributed by atoms with Gasteiger partial charge in [0.15, 0.2) is 6.61 Å². The SMILES string of the molecule is Cc1cc(COc2ccc(C3(C)CCN(N(O)C(C=O)CCNC(=O)COC(N)=O)C3=O)cc2)cc(C)n1. The molecule has 4 N–H and O–H groups in total. The Balaban J connectivity index is 1.57. The maximum Gasteiger partial charge on any atom is 0.405 e. The number of rotatable bonds is 12. The molecule has 12 nitrogen and oxygen atoms in total. The lowest BCUT2D eigenvalue weighted by molar-refractivity contribution is -0.252. The van der Waals surface area contributed by atoms with Crippen molar-refractivity contribution in [2.24, 2.45) is 5.73 Å². The monoisotopic (exact) mass is 527 g/mol. The van der Waals surface area contributed by atoms with Gasteiger partial charge in [-0.2, -0.15) is 0 Å². The number of carbonyl (C=O) groups is 4. The van der Waals surface area contributed by atoms with Crippen LogP contribution < -0.4 is 15.8 Å². The number of aromatic nitrogens is 1. The first-order valence-electron chi connectivity index (χ1n) is 12.1. The first-order chi connectivity index (χ1) is 18.0. The van der Waals surface area contributed by atoms with E-state index in [0.29, 0.717) is 30.2 Å². The maximum absolute atomic E-state index is 13.3. The van der Waals surface area contributed by atoms with Gasteiger partial charge >= 0.3 is 6.09 Å². The molecule has 3 rings (SSSR count). The second kappa shape index (κ2) is 12.5. The number of hydrogen-bond donors (Lipinski definition) is 3. The van der Waals surface area contributed by atoms with E-state index < -0.39 is 30.1 Å². The summed E-state index contributed by atoms with van der Waals surface area (Å²) in [6.45, 7) is 5.69. The highest BCUT2D eigenvalue weighted by Crippen LogP contribution is 2.37. The molecule has 1 saturated heterocycles. The molecule has 0 radical (unpaired) electrons. The Labute approximate surface area is 220 Å². The third-order valence-corrected chi connectivity index (χ3v) is 6.38. The Kier molecular flexibility index (Phi) is 9.37. The molecule has 2 aromatic rings. The van der Waals surface area contributed by atoms with Gasteiger partial charge in [0.25, 0.3) is 5.91 Å². The molecule has 1 fully saturated rings. The van der Waals surface area contributed by atoms with Crippen LogP contribution in [-0.2, 0) is 31.1 Å². The van der Waals surface area contributed by atoms with Gasteiger partial charge in [0, 0.05) is 24.5 Å². The van der Waals surface area contributed by atoms with E-state index >= 15 is 0 Å². The third kappa shape index (κ3) is 7.05. The number of ether oxygens (including phenoxy) is 2. The van der Waals surface area contributed by atoms with E-state index in [1.807, 2.05) is 38.1 Å². The Bertz CT molecular complexity index is 1150. The largest absolute Gasteiger partial charge is 0.489 e. The Morgan fingerprint density at radius 2 is 1.92 bits per heavy atom. The van der Waals surface area contributed by atoms with Gasteiger partial charge in [-0.25, -0.2) is 4.79 Å². The number of amides is 3. The molecular weight excluding hydrogens is 494 g/mol. The van der Waals surface area contributed by atoms with E-state index in [1.165, 1.54) is 0 Å². The molecule has 0 aliphatic carbocycles. The molecular formula is C26H33N5O7. The van der Waals surface area contributed by atoms with Crippen molar-refractivity contribution in [1.29, 1.82) is 0 Å². The fourth-order valence-corrected chi connectivity index (χ4v) is 4.34. The van der Waals surface area contributed by atoms with Crippen molar-refractivity contribution in [2.75, 3.05) is 19.7 Å². The molecule has 1 aliphatic rings. The number of nitrogens with one attached hydrogen (secondary N) is 1. The highest BCUT2D eigenvalue weighted by molar-refractivity contribution is 5.89. The fraction of sp³-hybridized carbons (Fsp3) is 0.423. The van der Waals surface area contributed by atoms with Gasteiger partial charge in [-0.15, -0.1) is 0 Å². The molecule has 38 heavy (non-hydrogen) atoms. The molecule has 2 atom stereocenters. The summed E-state index contributed by atoms with van der Waals surface area (Å²) in [7, 11) is 0. The second-order valence-electron chi connectivity index (χ2n) is 9.35. The molecule has 2 unspecified atom stereocenters. The van der Waals surface area contributed by atoms with E-state index in [1.54, 1.807) is 19.1 Å². The zero-order chi connectivity index (χ0) is 27.9. The zero-order valence-corrected chi connectivity index (χ0v) is 21.7. The fourth-order valence-electron chi connectivity index (χ4n) is 4.34. The molecule has 3 amide bonds. The maximum atomic E-state index is 13.3. The quantitative estimate of drug-likeness (QED) is 0.274. The van der Waals surface area contributed by atoms with Crippen molar-refractivity contribution < 1.29 is 33.9 Å². The van der Waals surface area contributed by atoms with Crippen LogP contribution in [0.25, 0.3) is 0 Å². The normalized spacial score (nSPS) is 17.8. The Hall–Kier alpha value is -4.03. The number of primary amides is 1. The molecule has 12 heteroatoms. The topological polar surface area (TPSA) is 164 Å². The van der Waals surface area contributed by atoms with Gasteiger partial charge in [0.05, 0.1) is 5.41 Å². The minimum atomic E-state index is -1.08. The van der Waals surface area contributed by atoms with Crippen LogP contribution in [0.3, 0.4) is 0 Å². The van der Waals surface area contributed by atoms with Gasteiger partial charge < -0.3 is 25.3 Å². The van der Waals surface area contributed by atoms with Crippen molar-refractivity contribution in [1.82, 2.24) is 20.5 Å². The summed E-state index contributed by atoms with van der Waals surface area (Å²) in [4.78, 5) is 51.5. The molecule has 0 saturated carbocycles. The standard InChI is InChI=1S/C26H33N5O7/c1-17-12-19(13-18(2)29-17)15-37-22-6-4-20(5-7-22)26(3)9-11-30(24(26)34)31(36)21(14-32)8-10-28-23(33)16-38-25(27)35/h4-7,12-14,21,36H,8-11,15-16H2,1-3H3,(H2,27,35)(H,28,33). The molecule has 0 bridgehead atoms.